The van der Waals surface area contributed by atoms with Gasteiger partial charge in [0, 0.05) is 10.0 Å². The summed E-state index contributed by atoms with van der Waals surface area (Å²) in [5.41, 5.74) is 0.331. The van der Waals surface area contributed by atoms with Crippen LogP contribution in [-0.4, -0.2) is 54.3 Å². The maximum Gasteiger partial charge on any atom is 0.338 e. The van der Waals surface area contributed by atoms with Crippen molar-refractivity contribution in [1.29, 1.82) is 0 Å². The maximum atomic E-state index is 13.8. The van der Waals surface area contributed by atoms with Crippen LogP contribution < -0.4 is 15.4 Å². The summed E-state index contributed by atoms with van der Waals surface area (Å²) in [7, 11) is 1.39. The summed E-state index contributed by atoms with van der Waals surface area (Å²) in [5, 5.41) is 5.07. The number of benzene rings is 2. The van der Waals surface area contributed by atoms with Gasteiger partial charge in [0.1, 0.15) is 11.4 Å². The third-order valence-electron chi connectivity index (χ3n) is 8.20. The molecule has 4 amide bonds. The molecule has 2 aromatic carbocycles. The lowest BCUT2D eigenvalue weighted by Crippen LogP contribution is -2.52. The molecule has 1 fully saturated rings. The first-order chi connectivity index (χ1) is 23.2. The highest BCUT2D eigenvalue weighted by Gasteiger charge is 2.46. The van der Waals surface area contributed by atoms with Gasteiger partial charge in [0.15, 0.2) is 11.8 Å². The molecule has 1 heterocycles. The predicted molar refractivity (Wildman–Crippen MR) is 189 cm³/mol. The van der Waals surface area contributed by atoms with Crippen molar-refractivity contribution in [2.24, 2.45) is 0 Å². The molecule has 0 saturated carbocycles. The minimum absolute atomic E-state index is 0.0448. The topological polar surface area (TPSA) is 131 Å². The summed E-state index contributed by atoms with van der Waals surface area (Å²) in [6, 6.07) is 9.56. The van der Waals surface area contributed by atoms with E-state index in [1.807, 2.05) is 0 Å². The van der Waals surface area contributed by atoms with Gasteiger partial charge in [0.25, 0.3) is 11.8 Å². The Labute approximate surface area is 292 Å². The Bertz CT molecular complexity index is 1440. The van der Waals surface area contributed by atoms with Crippen LogP contribution in [0.15, 0.2) is 58.7 Å². The monoisotopic (exact) mass is 725 g/mol. The molecular formula is C37H48BrN3O7. The lowest BCUT2D eigenvalue weighted by atomic mass is 10.0. The van der Waals surface area contributed by atoms with Crippen molar-refractivity contribution in [2.75, 3.05) is 19.0 Å². The molecule has 0 aliphatic carbocycles. The van der Waals surface area contributed by atoms with Gasteiger partial charge in [-0.1, -0.05) is 131 Å². The average molecular weight is 727 g/mol. The molecule has 2 N–H and O–H groups in total. The molecule has 1 aliphatic rings. The van der Waals surface area contributed by atoms with E-state index in [1.165, 1.54) is 95.2 Å². The minimum Gasteiger partial charge on any atom is -0.495 e. The van der Waals surface area contributed by atoms with Crippen molar-refractivity contribution in [1.82, 2.24) is 10.2 Å². The first kappa shape index (κ1) is 38.5. The molecule has 1 unspecified atom stereocenters. The summed E-state index contributed by atoms with van der Waals surface area (Å²) in [5.74, 6) is -2.90. The fraction of sp³-hybridized carbons (Fsp3) is 0.486. The number of methoxy groups -OCH3 is 1. The van der Waals surface area contributed by atoms with Crippen molar-refractivity contribution in [2.45, 2.75) is 103 Å². The van der Waals surface area contributed by atoms with Crippen LogP contribution in [0.1, 0.15) is 118 Å². The van der Waals surface area contributed by atoms with E-state index >= 15 is 0 Å². The summed E-state index contributed by atoms with van der Waals surface area (Å²) >= 11 is 3.28. The lowest BCUT2D eigenvalue weighted by Gasteiger charge is -2.23. The molecule has 0 spiro atoms. The molecular weight excluding hydrogens is 678 g/mol. The molecule has 0 radical (unpaired) electrons. The molecule has 3 rings (SSSR count). The smallest absolute Gasteiger partial charge is 0.338 e. The number of nitrogens with one attached hydrogen (secondary N) is 2. The van der Waals surface area contributed by atoms with Gasteiger partial charge in [-0.05, 0) is 31.0 Å². The Hall–Kier alpha value is -3.99. The third-order valence-corrected chi connectivity index (χ3v) is 9.16. The number of hydrogen-bond acceptors (Lipinski definition) is 7. The van der Waals surface area contributed by atoms with Gasteiger partial charge in [-0.25, -0.2) is 14.5 Å². The van der Waals surface area contributed by atoms with E-state index in [-0.39, 0.29) is 34.9 Å². The van der Waals surface area contributed by atoms with Crippen LogP contribution in [0.5, 0.6) is 5.75 Å². The highest BCUT2D eigenvalue weighted by atomic mass is 79.9. The van der Waals surface area contributed by atoms with Crippen molar-refractivity contribution < 1.29 is 33.4 Å². The van der Waals surface area contributed by atoms with Gasteiger partial charge in [0.2, 0.25) is 0 Å². The maximum absolute atomic E-state index is 13.8. The zero-order valence-corrected chi connectivity index (χ0v) is 29.9. The molecule has 1 aliphatic heterocycles. The molecule has 0 bridgehead atoms. The summed E-state index contributed by atoms with van der Waals surface area (Å²) < 4.78 is 11.3. The fourth-order valence-electron chi connectivity index (χ4n) is 5.47. The largest absolute Gasteiger partial charge is 0.495 e. The molecule has 11 heteroatoms. The van der Waals surface area contributed by atoms with Crippen LogP contribution in [0.4, 0.5) is 10.5 Å². The summed E-state index contributed by atoms with van der Waals surface area (Å²) in [4.78, 5) is 67.3. The van der Waals surface area contributed by atoms with E-state index in [9.17, 15) is 24.0 Å². The second-order valence-electron chi connectivity index (χ2n) is 11.8. The number of halogens is 1. The molecule has 1 saturated heterocycles. The van der Waals surface area contributed by atoms with Crippen LogP contribution in [0.25, 0.3) is 0 Å². The van der Waals surface area contributed by atoms with Crippen LogP contribution >= 0.6 is 15.9 Å². The van der Waals surface area contributed by atoms with Crippen LogP contribution in [0, 0.1) is 0 Å². The van der Waals surface area contributed by atoms with Gasteiger partial charge in [-0.3, -0.25) is 14.4 Å². The van der Waals surface area contributed by atoms with Gasteiger partial charge in [-0.2, -0.15) is 0 Å². The number of Topliss-reactive ketones (excluding diaryl/α,β-unsaturated/α-hetero) is 1. The van der Waals surface area contributed by atoms with E-state index < -0.39 is 35.6 Å². The SMILES string of the molecule is CCCCCCCCCCCCCCOC(=O)c1ccc(OC)c(NC(=O)C(C(=O)c2ccccc2)N2C(=O)N/C(=C(\Br)CC)C2=O)c1. The summed E-state index contributed by atoms with van der Waals surface area (Å²) in [6.07, 6.45) is 14.8. The summed E-state index contributed by atoms with van der Waals surface area (Å²) in [6.45, 7) is 4.28. The van der Waals surface area contributed by atoms with Crippen molar-refractivity contribution in [3.8, 4) is 5.75 Å². The Balaban J connectivity index is 1.63. The number of amides is 4. The molecule has 48 heavy (non-hydrogen) atoms. The molecule has 0 aromatic heterocycles. The molecule has 10 nitrogen and oxygen atoms in total. The van der Waals surface area contributed by atoms with Crippen LogP contribution in [0.2, 0.25) is 0 Å². The number of hydrogen-bond donors (Lipinski definition) is 2. The van der Waals surface area contributed by atoms with Gasteiger partial charge in [0.05, 0.1) is 25.0 Å². The van der Waals surface area contributed by atoms with Gasteiger partial charge < -0.3 is 20.1 Å². The number of allylic oxidation sites excluding steroid dienone is 1. The minimum atomic E-state index is -1.85. The van der Waals surface area contributed by atoms with Crippen LogP contribution in [0.3, 0.4) is 0 Å². The van der Waals surface area contributed by atoms with E-state index in [4.69, 9.17) is 9.47 Å². The van der Waals surface area contributed by atoms with E-state index in [0.29, 0.717) is 15.8 Å². The van der Waals surface area contributed by atoms with Crippen molar-refractivity contribution in [3.63, 3.8) is 0 Å². The fourth-order valence-corrected chi connectivity index (χ4v) is 5.74. The van der Waals surface area contributed by atoms with E-state index in [2.05, 4.69) is 33.5 Å². The van der Waals surface area contributed by atoms with Crippen molar-refractivity contribution >= 4 is 51.2 Å². The highest BCUT2D eigenvalue weighted by molar-refractivity contribution is 9.11. The molecule has 2 aromatic rings. The zero-order chi connectivity index (χ0) is 34.9. The van der Waals surface area contributed by atoms with Gasteiger partial charge >= 0.3 is 12.0 Å². The number of unbranched alkanes of at least 4 members (excludes halogenated alkanes) is 11. The first-order valence-corrected chi connectivity index (χ1v) is 17.8. The van der Waals surface area contributed by atoms with Gasteiger partial charge in [-0.15, -0.1) is 0 Å². The number of carbonyl (C=O) groups is 5. The standard InChI is InChI=1S/C37H48BrN3O7/c1-4-6-7-8-9-10-11-12-13-14-15-19-24-48-36(45)27-22-23-30(47-3)29(25-27)39-34(43)32(33(42)26-20-17-16-18-21-26)41-35(44)31(28(38)5-2)40-37(41)46/h16-18,20-23,25,32H,4-15,19,24H2,1-3H3,(H,39,43)(H,40,46)/b31-28-. The molecule has 260 valence electrons. The van der Waals surface area contributed by atoms with E-state index in [1.54, 1.807) is 25.1 Å². The Morgan fingerprint density at radius 3 is 2.02 bits per heavy atom. The Kier molecular flexibility index (Phi) is 16.3. The number of esters is 1. The Morgan fingerprint density at radius 2 is 1.44 bits per heavy atom. The third kappa shape index (κ3) is 11.0. The number of ether oxygens (including phenoxy) is 2. The number of urea groups is 1. The first-order valence-electron chi connectivity index (χ1n) is 17.0. The predicted octanol–water partition coefficient (Wildman–Crippen LogP) is 8.31. The number of rotatable bonds is 21. The highest BCUT2D eigenvalue weighted by Crippen LogP contribution is 2.29. The van der Waals surface area contributed by atoms with E-state index in [0.717, 1.165) is 19.3 Å². The lowest BCUT2D eigenvalue weighted by molar-refractivity contribution is -0.129. The number of ketones is 1. The second kappa shape index (κ2) is 20.4. The normalized spacial score (nSPS) is 14.4. The van der Waals surface area contributed by atoms with Crippen molar-refractivity contribution in [3.05, 3.63) is 69.8 Å². The quantitative estimate of drug-likeness (QED) is 0.0331. The van der Waals surface area contributed by atoms with Crippen LogP contribution in [-0.2, 0) is 14.3 Å². The zero-order valence-electron chi connectivity index (χ0n) is 28.3. The Morgan fingerprint density at radius 1 is 0.833 bits per heavy atom. The number of carbonyl (C=O) groups excluding carboxylic acids is 5. The molecule has 1 atom stereocenters. The average Bonchev–Trinajstić information content (AvgIpc) is 3.39. The number of anilines is 1. The number of nitrogens with zero attached hydrogens (tertiary/aromatic N) is 1. The second-order valence-corrected chi connectivity index (χ2v) is 12.8. The number of imide groups is 1.